The Hall–Kier alpha value is -4.33. The van der Waals surface area contributed by atoms with E-state index in [-0.39, 0.29) is 30.4 Å². The van der Waals surface area contributed by atoms with E-state index in [0.717, 1.165) is 17.5 Å². The maximum absolute atomic E-state index is 12.8. The van der Waals surface area contributed by atoms with Gasteiger partial charge in [-0.1, -0.05) is 66.2 Å². The summed E-state index contributed by atoms with van der Waals surface area (Å²) >= 11 is 0. The minimum absolute atomic E-state index is 0.0175. The third kappa shape index (κ3) is 4.88. The molecule has 8 heteroatoms. The molecule has 36 heavy (non-hydrogen) atoms. The molecular formula is C28H29N5O3. The first kappa shape index (κ1) is 23.4. The second kappa shape index (κ2) is 10.1. The lowest BCUT2D eigenvalue weighted by atomic mass is 9.93. The Kier molecular flexibility index (Phi) is 6.58. The van der Waals surface area contributed by atoms with Gasteiger partial charge in [0.25, 0.3) is 5.95 Å². The Balaban J connectivity index is 1.39. The Morgan fingerprint density at radius 2 is 1.75 bits per heavy atom. The van der Waals surface area contributed by atoms with Gasteiger partial charge in [0.1, 0.15) is 0 Å². The van der Waals surface area contributed by atoms with Crippen molar-refractivity contribution in [3.05, 3.63) is 95.1 Å². The molecule has 1 aliphatic rings. The van der Waals surface area contributed by atoms with Crippen molar-refractivity contribution < 1.29 is 14.3 Å². The van der Waals surface area contributed by atoms with Gasteiger partial charge in [0.05, 0.1) is 32.7 Å². The topological polar surface area (TPSA) is 90.3 Å². The summed E-state index contributed by atoms with van der Waals surface area (Å²) < 4.78 is 12.5. The van der Waals surface area contributed by atoms with E-state index in [4.69, 9.17) is 9.47 Å². The number of carbonyl (C=O) groups is 1. The predicted molar refractivity (Wildman–Crippen MR) is 139 cm³/mol. The summed E-state index contributed by atoms with van der Waals surface area (Å²) in [7, 11) is 3.15. The highest BCUT2D eigenvalue weighted by atomic mass is 16.5. The lowest BCUT2D eigenvalue weighted by Crippen LogP contribution is -2.28. The van der Waals surface area contributed by atoms with Crippen LogP contribution in [0.25, 0.3) is 0 Å². The first-order valence-corrected chi connectivity index (χ1v) is 11.9. The van der Waals surface area contributed by atoms with Crippen LogP contribution in [0.5, 0.6) is 11.5 Å². The molecule has 0 unspecified atom stereocenters. The molecule has 184 valence electrons. The van der Waals surface area contributed by atoms with Crippen LogP contribution < -0.4 is 20.1 Å². The highest BCUT2D eigenvalue weighted by molar-refractivity contribution is 5.90. The summed E-state index contributed by atoms with van der Waals surface area (Å²) in [5.74, 6) is 1.88. The molecule has 2 heterocycles. The van der Waals surface area contributed by atoms with Gasteiger partial charge >= 0.3 is 0 Å². The SMILES string of the molecule is COc1ccc(CC(=O)Nc2nc3n(n2)[C@H](c2ccc(C)cc2)C[C@@H](c2ccccc2)N3)cc1OC. The van der Waals surface area contributed by atoms with Gasteiger partial charge in [-0.3, -0.25) is 10.1 Å². The maximum Gasteiger partial charge on any atom is 0.250 e. The molecule has 4 aromatic rings. The predicted octanol–water partition coefficient (Wildman–Crippen LogP) is 4.93. The molecule has 0 fully saturated rings. The second-order valence-corrected chi connectivity index (χ2v) is 8.89. The first-order chi connectivity index (χ1) is 17.5. The summed E-state index contributed by atoms with van der Waals surface area (Å²) in [5.41, 5.74) is 4.34. The van der Waals surface area contributed by atoms with Gasteiger partial charge in [0, 0.05) is 0 Å². The number of aryl methyl sites for hydroxylation is 1. The lowest BCUT2D eigenvalue weighted by Gasteiger charge is -2.31. The number of aromatic nitrogens is 3. The number of nitrogens with one attached hydrogen (secondary N) is 2. The molecule has 0 aliphatic carbocycles. The minimum atomic E-state index is -0.211. The number of amides is 1. The maximum atomic E-state index is 12.8. The van der Waals surface area contributed by atoms with Crippen molar-refractivity contribution >= 4 is 17.8 Å². The molecule has 8 nitrogen and oxygen atoms in total. The summed E-state index contributed by atoms with van der Waals surface area (Å²) in [4.78, 5) is 17.5. The number of nitrogens with zero attached hydrogens (tertiary/aromatic N) is 3. The quantitative estimate of drug-likeness (QED) is 0.387. The number of benzene rings is 3. The van der Waals surface area contributed by atoms with E-state index in [1.165, 1.54) is 11.1 Å². The van der Waals surface area contributed by atoms with Crippen LogP contribution >= 0.6 is 0 Å². The number of methoxy groups -OCH3 is 2. The van der Waals surface area contributed by atoms with Gasteiger partial charge in [0.2, 0.25) is 11.9 Å². The summed E-state index contributed by atoms with van der Waals surface area (Å²) in [6.07, 6.45) is 0.966. The van der Waals surface area contributed by atoms with Crippen molar-refractivity contribution in [2.75, 3.05) is 24.9 Å². The van der Waals surface area contributed by atoms with Crippen LogP contribution in [0.4, 0.5) is 11.9 Å². The van der Waals surface area contributed by atoms with Crippen molar-refractivity contribution in [1.82, 2.24) is 14.8 Å². The summed E-state index contributed by atoms with van der Waals surface area (Å²) in [6, 6.07) is 24.3. The van der Waals surface area contributed by atoms with E-state index in [1.54, 1.807) is 26.4 Å². The minimum Gasteiger partial charge on any atom is -0.493 e. The summed E-state index contributed by atoms with van der Waals surface area (Å²) in [6.45, 7) is 2.08. The second-order valence-electron chi connectivity index (χ2n) is 8.89. The number of anilines is 2. The number of carbonyl (C=O) groups excluding carboxylic acids is 1. The smallest absolute Gasteiger partial charge is 0.250 e. The van der Waals surface area contributed by atoms with Crippen molar-refractivity contribution in [3.8, 4) is 11.5 Å². The van der Waals surface area contributed by atoms with Crippen LogP contribution in [0.1, 0.15) is 40.8 Å². The van der Waals surface area contributed by atoms with E-state index in [0.29, 0.717) is 17.4 Å². The van der Waals surface area contributed by atoms with Gasteiger partial charge in [0.15, 0.2) is 11.5 Å². The Labute approximate surface area is 210 Å². The van der Waals surface area contributed by atoms with Crippen molar-refractivity contribution in [2.45, 2.75) is 31.8 Å². The number of fused-ring (bicyclic) bond motifs is 1. The van der Waals surface area contributed by atoms with Crippen molar-refractivity contribution in [2.24, 2.45) is 0 Å². The van der Waals surface area contributed by atoms with Crippen LogP contribution in [0, 0.1) is 6.92 Å². The molecule has 3 aromatic carbocycles. The molecule has 5 rings (SSSR count). The number of hydrogen-bond donors (Lipinski definition) is 2. The van der Waals surface area contributed by atoms with Crippen LogP contribution in [-0.4, -0.2) is 34.9 Å². The molecule has 1 aromatic heterocycles. The largest absolute Gasteiger partial charge is 0.493 e. The molecule has 2 atom stereocenters. The zero-order valence-electron chi connectivity index (χ0n) is 20.6. The van der Waals surface area contributed by atoms with E-state index < -0.39 is 0 Å². The number of hydrogen-bond acceptors (Lipinski definition) is 6. The number of rotatable bonds is 7. The fourth-order valence-corrected chi connectivity index (χ4v) is 4.55. The monoisotopic (exact) mass is 483 g/mol. The molecule has 0 saturated carbocycles. The van der Waals surface area contributed by atoms with Crippen LogP contribution in [0.2, 0.25) is 0 Å². The van der Waals surface area contributed by atoms with E-state index >= 15 is 0 Å². The first-order valence-electron chi connectivity index (χ1n) is 11.9. The zero-order chi connectivity index (χ0) is 25.1. The van der Waals surface area contributed by atoms with Crippen LogP contribution in [-0.2, 0) is 11.2 Å². The third-order valence-corrected chi connectivity index (χ3v) is 6.42. The van der Waals surface area contributed by atoms with Crippen molar-refractivity contribution in [1.29, 1.82) is 0 Å². The molecule has 1 amide bonds. The fraction of sp³-hybridized carbons (Fsp3) is 0.250. The van der Waals surface area contributed by atoms with Gasteiger partial charge in [-0.2, -0.15) is 4.98 Å². The van der Waals surface area contributed by atoms with Gasteiger partial charge < -0.3 is 14.8 Å². The molecule has 0 saturated heterocycles. The molecule has 0 radical (unpaired) electrons. The Bertz CT molecular complexity index is 1350. The third-order valence-electron chi connectivity index (χ3n) is 6.42. The zero-order valence-corrected chi connectivity index (χ0v) is 20.6. The Morgan fingerprint density at radius 1 is 1.00 bits per heavy atom. The molecule has 1 aliphatic heterocycles. The standard InChI is InChI=1S/C28H29N5O3/c1-18-9-12-21(13-10-18)23-17-22(20-7-5-4-6-8-20)29-28-31-27(32-33(23)28)30-26(34)16-19-11-14-24(35-2)25(15-19)36-3/h4-15,22-23H,16-17H2,1-3H3,(H2,29,30,31,32,34)/t22-,23-/m0/s1. The van der Waals surface area contributed by atoms with Gasteiger partial charge in [-0.05, 0) is 42.2 Å². The normalized spacial score (nSPS) is 16.5. The van der Waals surface area contributed by atoms with E-state index in [1.807, 2.05) is 28.9 Å². The van der Waals surface area contributed by atoms with E-state index in [2.05, 4.69) is 64.0 Å². The van der Waals surface area contributed by atoms with E-state index in [9.17, 15) is 4.79 Å². The molecule has 2 N–H and O–H groups in total. The highest BCUT2D eigenvalue weighted by Crippen LogP contribution is 2.38. The average molecular weight is 484 g/mol. The summed E-state index contributed by atoms with van der Waals surface area (Å²) in [5, 5.41) is 11.0. The average Bonchev–Trinajstić information content (AvgIpc) is 3.31. The van der Waals surface area contributed by atoms with Crippen LogP contribution in [0.15, 0.2) is 72.8 Å². The van der Waals surface area contributed by atoms with Gasteiger partial charge in [-0.15, -0.1) is 5.10 Å². The molecular weight excluding hydrogens is 454 g/mol. The van der Waals surface area contributed by atoms with Crippen molar-refractivity contribution in [3.63, 3.8) is 0 Å². The highest BCUT2D eigenvalue weighted by Gasteiger charge is 2.31. The number of ether oxygens (including phenoxy) is 2. The molecule has 0 bridgehead atoms. The fourth-order valence-electron chi connectivity index (χ4n) is 4.55. The molecule has 0 spiro atoms. The van der Waals surface area contributed by atoms with Gasteiger partial charge in [-0.25, -0.2) is 4.68 Å². The lowest BCUT2D eigenvalue weighted by molar-refractivity contribution is -0.115. The Morgan fingerprint density at radius 3 is 2.47 bits per heavy atom. The van der Waals surface area contributed by atoms with Crippen LogP contribution in [0.3, 0.4) is 0 Å².